The Morgan fingerprint density at radius 1 is 1.53 bits per heavy atom. The van der Waals surface area contributed by atoms with Crippen LogP contribution in [-0.4, -0.2) is 35.6 Å². The van der Waals surface area contributed by atoms with E-state index in [1.807, 2.05) is 0 Å². The molecule has 2 heterocycles. The minimum absolute atomic E-state index is 0.508. The summed E-state index contributed by atoms with van der Waals surface area (Å²) in [6.45, 7) is 6.64. The van der Waals surface area contributed by atoms with Crippen molar-refractivity contribution < 1.29 is 4.42 Å². The average Bonchev–Trinajstić information content (AvgIpc) is 2.86. The van der Waals surface area contributed by atoms with E-state index in [0.29, 0.717) is 6.04 Å². The molecule has 84 valence electrons. The number of hydrogen-bond acceptors (Lipinski definition) is 4. The molecule has 0 aromatic carbocycles. The van der Waals surface area contributed by atoms with Gasteiger partial charge in [0.05, 0.1) is 12.7 Å². The van der Waals surface area contributed by atoms with Gasteiger partial charge in [-0.15, -0.1) is 0 Å². The van der Waals surface area contributed by atoms with Crippen LogP contribution in [0.1, 0.15) is 25.5 Å². The summed E-state index contributed by atoms with van der Waals surface area (Å²) in [5.41, 5.74) is 0. The van der Waals surface area contributed by atoms with Crippen molar-refractivity contribution in [2.75, 3.05) is 19.6 Å². The molecule has 0 saturated carbocycles. The van der Waals surface area contributed by atoms with E-state index in [1.54, 1.807) is 6.20 Å². The Kier molecular flexibility index (Phi) is 3.75. The zero-order valence-corrected chi connectivity index (χ0v) is 9.28. The molecule has 1 aromatic heterocycles. The van der Waals surface area contributed by atoms with Crippen molar-refractivity contribution in [2.45, 2.75) is 32.4 Å². The number of rotatable bonds is 5. The summed E-state index contributed by atoms with van der Waals surface area (Å²) in [7, 11) is 0. The highest BCUT2D eigenvalue weighted by Crippen LogP contribution is 2.07. The third-order valence-corrected chi connectivity index (χ3v) is 2.84. The van der Waals surface area contributed by atoms with Gasteiger partial charge in [-0.2, -0.15) is 0 Å². The molecule has 0 aliphatic carbocycles. The highest BCUT2D eigenvalue weighted by molar-refractivity contribution is 4.88. The molecule has 4 nitrogen and oxygen atoms in total. The molecule has 0 bridgehead atoms. The molecule has 0 amide bonds. The summed E-state index contributed by atoms with van der Waals surface area (Å²) >= 11 is 0. The van der Waals surface area contributed by atoms with Gasteiger partial charge in [0.25, 0.3) is 0 Å². The van der Waals surface area contributed by atoms with Crippen molar-refractivity contribution in [1.82, 2.24) is 15.2 Å². The minimum atomic E-state index is 0.508. The van der Waals surface area contributed by atoms with Gasteiger partial charge >= 0.3 is 0 Å². The van der Waals surface area contributed by atoms with Crippen LogP contribution in [0.5, 0.6) is 0 Å². The maximum atomic E-state index is 5.17. The maximum Gasteiger partial charge on any atom is 0.180 e. The van der Waals surface area contributed by atoms with Crippen molar-refractivity contribution in [3.05, 3.63) is 18.4 Å². The molecule has 0 radical (unpaired) electrons. The minimum Gasteiger partial charge on any atom is -0.447 e. The van der Waals surface area contributed by atoms with Crippen LogP contribution in [0.2, 0.25) is 0 Å². The lowest BCUT2D eigenvalue weighted by atomic mass is 10.3. The van der Waals surface area contributed by atoms with Crippen molar-refractivity contribution in [2.24, 2.45) is 0 Å². The van der Waals surface area contributed by atoms with Crippen LogP contribution in [0, 0.1) is 0 Å². The van der Waals surface area contributed by atoms with Gasteiger partial charge in [-0.1, -0.05) is 0 Å². The molecule has 1 fully saturated rings. The van der Waals surface area contributed by atoms with Crippen molar-refractivity contribution in [3.8, 4) is 0 Å². The first-order chi connectivity index (χ1) is 7.34. The van der Waals surface area contributed by atoms with E-state index in [4.69, 9.17) is 4.42 Å². The molecule has 1 aliphatic heterocycles. The molecule has 1 atom stereocenters. The van der Waals surface area contributed by atoms with Crippen molar-refractivity contribution in [3.63, 3.8) is 0 Å². The average molecular weight is 209 g/mol. The molecule has 1 aromatic rings. The van der Waals surface area contributed by atoms with E-state index in [2.05, 4.69) is 22.1 Å². The van der Waals surface area contributed by atoms with Crippen LogP contribution in [0.3, 0.4) is 0 Å². The Hall–Kier alpha value is -0.870. The van der Waals surface area contributed by atoms with Crippen molar-refractivity contribution in [1.29, 1.82) is 0 Å². The lowest BCUT2D eigenvalue weighted by Crippen LogP contribution is -2.37. The second-order valence-corrected chi connectivity index (χ2v) is 4.26. The van der Waals surface area contributed by atoms with Crippen LogP contribution in [0.25, 0.3) is 0 Å². The fourth-order valence-corrected chi connectivity index (χ4v) is 2.02. The molecule has 1 saturated heterocycles. The van der Waals surface area contributed by atoms with Gasteiger partial charge in [-0.3, -0.25) is 0 Å². The summed E-state index contributed by atoms with van der Waals surface area (Å²) in [5, 5.41) is 3.44. The van der Waals surface area contributed by atoms with E-state index in [9.17, 15) is 0 Å². The first kappa shape index (κ1) is 10.6. The number of likely N-dealkylation sites (tertiary alicyclic amines) is 1. The fraction of sp³-hybridized carbons (Fsp3) is 0.727. The Labute approximate surface area is 90.7 Å². The zero-order chi connectivity index (χ0) is 10.5. The smallest absolute Gasteiger partial charge is 0.180 e. The molecule has 0 spiro atoms. The van der Waals surface area contributed by atoms with E-state index < -0.39 is 0 Å². The number of nitrogens with one attached hydrogen (secondary N) is 1. The molecular formula is C11H19N3O. The van der Waals surface area contributed by atoms with Crippen LogP contribution in [0.15, 0.2) is 17.0 Å². The summed E-state index contributed by atoms with van der Waals surface area (Å²) < 4.78 is 5.17. The quantitative estimate of drug-likeness (QED) is 0.792. The molecule has 4 heteroatoms. The molecular weight excluding hydrogens is 190 g/mol. The number of hydrogen-bond donors (Lipinski definition) is 1. The van der Waals surface area contributed by atoms with Gasteiger partial charge < -0.3 is 14.6 Å². The Morgan fingerprint density at radius 2 is 2.33 bits per heavy atom. The van der Waals surface area contributed by atoms with E-state index in [1.165, 1.54) is 32.3 Å². The third kappa shape index (κ3) is 3.32. The summed E-state index contributed by atoms with van der Waals surface area (Å²) in [6.07, 6.45) is 5.95. The first-order valence-corrected chi connectivity index (χ1v) is 5.67. The number of nitrogens with zero attached hydrogens (tertiary/aromatic N) is 2. The standard InChI is InChI=1S/C11H19N3O/c1-10(8-14-4-2-3-5-14)13-7-11-6-12-9-15-11/h6,9-10,13H,2-5,7-8H2,1H3. The topological polar surface area (TPSA) is 41.3 Å². The second kappa shape index (κ2) is 5.28. The molecule has 1 aliphatic rings. The molecule has 1 N–H and O–H groups in total. The van der Waals surface area contributed by atoms with Gasteiger partial charge in [-0.25, -0.2) is 4.98 Å². The summed E-state index contributed by atoms with van der Waals surface area (Å²) in [6, 6.07) is 0.508. The van der Waals surface area contributed by atoms with E-state index in [0.717, 1.165) is 18.8 Å². The fourth-order valence-electron chi connectivity index (χ4n) is 2.02. The van der Waals surface area contributed by atoms with E-state index in [-0.39, 0.29) is 0 Å². The SMILES string of the molecule is CC(CN1CCCC1)NCc1cnco1. The highest BCUT2D eigenvalue weighted by atomic mass is 16.3. The zero-order valence-electron chi connectivity index (χ0n) is 9.28. The molecule has 15 heavy (non-hydrogen) atoms. The normalized spacial score (nSPS) is 19.5. The van der Waals surface area contributed by atoms with Crippen molar-refractivity contribution >= 4 is 0 Å². The summed E-state index contributed by atoms with van der Waals surface area (Å²) in [5.74, 6) is 0.906. The van der Waals surface area contributed by atoms with Crippen LogP contribution in [-0.2, 0) is 6.54 Å². The van der Waals surface area contributed by atoms with Crippen LogP contribution < -0.4 is 5.32 Å². The molecule has 2 rings (SSSR count). The van der Waals surface area contributed by atoms with Gasteiger partial charge in [0, 0.05) is 12.6 Å². The predicted octanol–water partition coefficient (Wildman–Crippen LogP) is 1.25. The Balaban J connectivity index is 1.66. The molecule has 1 unspecified atom stereocenters. The summed E-state index contributed by atoms with van der Waals surface area (Å²) in [4.78, 5) is 6.40. The van der Waals surface area contributed by atoms with Crippen LogP contribution >= 0.6 is 0 Å². The lowest BCUT2D eigenvalue weighted by Gasteiger charge is -2.20. The highest BCUT2D eigenvalue weighted by Gasteiger charge is 2.14. The van der Waals surface area contributed by atoms with Gasteiger partial charge in [-0.05, 0) is 32.9 Å². The van der Waals surface area contributed by atoms with Crippen LogP contribution in [0.4, 0.5) is 0 Å². The van der Waals surface area contributed by atoms with E-state index >= 15 is 0 Å². The lowest BCUT2D eigenvalue weighted by molar-refractivity contribution is 0.294. The van der Waals surface area contributed by atoms with Gasteiger partial charge in [0.15, 0.2) is 6.39 Å². The van der Waals surface area contributed by atoms with Gasteiger partial charge in [0.2, 0.25) is 0 Å². The number of aromatic nitrogens is 1. The predicted molar refractivity (Wildman–Crippen MR) is 58.5 cm³/mol. The maximum absolute atomic E-state index is 5.17. The van der Waals surface area contributed by atoms with Gasteiger partial charge in [0.1, 0.15) is 5.76 Å². The Bertz CT molecular complexity index is 267. The number of oxazole rings is 1. The third-order valence-electron chi connectivity index (χ3n) is 2.84. The largest absolute Gasteiger partial charge is 0.447 e. The Morgan fingerprint density at radius 3 is 3.00 bits per heavy atom. The first-order valence-electron chi connectivity index (χ1n) is 5.67. The second-order valence-electron chi connectivity index (χ2n) is 4.26. The monoisotopic (exact) mass is 209 g/mol.